The second-order valence-corrected chi connectivity index (χ2v) is 12.4. The van der Waals surface area contributed by atoms with Gasteiger partial charge in [-0.1, -0.05) is 61.2 Å². The molecule has 7 heteroatoms. The molecule has 37 heavy (non-hydrogen) atoms. The van der Waals surface area contributed by atoms with E-state index >= 15 is 0 Å². The zero-order valence-electron chi connectivity index (χ0n) is 22.1. The molecule has 1 heterocycles. The number of benzene rings is 2. The molecule has 4 rings (SSSR count). The van der Waals surface area contributed by atoms with Gasteiger partial charge in [-0.25, -0.2) is 8.42 Å². The monoisotopic (exact) mass is 524 g/mol. The average molecular weight is 525 g/mol. The molecular weight excluding hydrogens is 484 g/mol. The summed E-state index contributed by atoms with van der Waals surface area (Å²) in [7, 11) is -1.97. The van der Waals surface area contributed by atoms with Crippen LogP contribution in [0, 0.1) is 11.8 Å². The van der Waals surface area contributed by atoms with Crippen molar-refractivity contribution in [3.63, 3.8) is 0 Å². The summed E-state index contributed by atoms with van der Waals surface area (Å²) in [6, 6.07) is 16.8. The Kier molecular flexibility index (Phi) is 9.43. The minimum absolute atomic E-state index is 0.119. The summed E-state index contributed by atoms with van der Waals surface area (Å²) in [6.45, 7) is 4.35. The quantitative estimate of drug-likeness (QED) is 0.428. The van der Waals surface area contributed by atoms with Gasteiger partial charge >= 0.3 is 0 Å². The minimum atomic E-state index is -3.54. The smallest absolute Gasteiger partial charge is 0.243 e. The number of hydrogen-bond donors (Lipinski definition) is 0. The van der Waals surface area contributed by atoms with Gasteiger partial charge in [0.2, 0.25) is 15.9 Å². The second-order valence-electron chi connectivity index (χ2n) is 10.5. The molecule has 0 aromatic heterocycles. The third-order valence-electron chi connectivity index (χ3n) is 7.67. The van der Waals surface area contributed by atoms with E-state index in [2.05, 4.69) is 30.0 Å². The van der Waals surface area contributed by atoms with Crippen LogP contribution in [-0.2, 0) is 14.8 Å². The van der Waals surface area contributed by atoms with Gasteiger partial charge in [0.25, 0.3) is 0 Å². The highest BCUT2D eigenvalue weighted by Crippen LogP contribution is 2.29. The molecule has 1 saturated carbocycles. The number of carbonyl (C=O) groups is 1. The molecule has 1 aliphatic heterocycles. The first-order chi connectivity index (χ1) is 17.9. The lowest BCUT2D eigenvalue weighted by atomic mass is 9.87. The van der Waals surface area contributed by atoms with E-state index in [-0.39, 0.29) is 11.8 Å². The highest BCUT2D eigenvalue weighted by atomic mass is 32.2. The fourth-order valence-electron chi connectivity index (χ4n) is 5.56. The van der Waals surface area contributed by atoms with Crippen LogP contribution in [0.3, 0.4) is 0 Å². The van der Waals surface area contributed by atoms with Gasteiger partial charge in [0.05, 0.1) is 12.0 Å². The summed E-state index contributed by atoms with van der Waals surface area (Å²) in [6.07, 6.45) is 9.11. The third kappa shape index (κ3) is 7.23. The number of hydrogen-bond acceptors (Lipinski definition) is 4. The lowest BCUT2D eigenvalue weighted by Crippen LogP contribution is -2.45. The Hall–Kier alpha value is -2.64. The van der Waals surface area contributed by atoms with Gasteiger partial charge in [-0.2, -0.15) is 4.31 Å². The predicted molar refractivity (Wildman–Crippen MR) is 148 cm³/mol. The molecule has 2 fully saturated rings. The van der Waals surface area contributed by atoms with Crippen molar-refractivity contribution >= 4 is 22.0 Å². The molecule has 0 radical (unpaired) electrons. The molecule has 1 aliphatic carbocycles. The standard InChI is InChI=1S/C30H40N2O4S/c1-24(21-25-9-5-3-6-10-25)22-31(30(33)27-11-7-4-8-12-27)23-26-17-19-32(20-18-26)37(34,35)29-15-13-28(36-2)14-16-29/h3,5-6,9-10,13-16,21,26-27H,4,7-8,11-12,17-20,22-23H2,1-2H3/b24-21+. The predicted octanol–water partition coefficient (Wildman–Crippen LogP) is 5.61. The summed E-state index contributed by atoms with van der Waals surface area (Å²) in [4.78, 5) is 16.0. The third-order valence-corrected chi connectivity index (χ3v) is 9.58. The Labute approximate surface area is 222 Å². The van der Waals surface area contributed by atoms with Crippen molar-refractivity contribution in [1.29, 1.82) is 0 Å². The van der Waals surface area contributed by atoms with Gasteiger partial charge in [0.1, 0.15) is 5.75 Å². The Balaban J connectivity index is 1.41. The van der Waals surface area contributed by atoms with Crippen LogP contribution in [0.5, 0.6) is 5.75 Å². The van der Waals surface area contributed by atoms with Crippen LogP contribution < -0.4 is 4.74 Å². The Bertz CT molecular complexity index is 1150. The molecule has 1 saturated heterocycles. The molecule has 0 N–H and O–H groups in total. The van der Waals surface area contributed by atoms with Crippen LogP contribution in [0.25, 0.3) is 6.08 Å². The fourth-order valence-corrected chi connectivity index (χ4v) is 7.03. The van der Waals surface area contributed by atoms with E-state index in [1.165, 1.54) is 6.42 Å². The van der Waals surface area contributed by atoms with Crippen LogP contribution in [-0.4, -0.2) is 56.8 Å². The van der Waals surface area contributed by atoms with E-state index in [4.69, 9.17) is 4.74 Å². The molecule has 6 nitrogen and oxygen atoms in total. The maximum Gasteiger partial charge on any atom is 0.243 e. The second kappa shape index (κ2) is 12.7. The largest absolute Gasteiger partial charge is 0.497 e. The van der Waals surface area contributed by atoms with E-state index in [9.17, 15) is 13.2 Å². The van der Waals surface area contributed by atoms with Crippen molar-refractivity contribution in [3.05, 3.63) is 65.7 Å². The molecule has 200 valence electrons. The van der Waals surface area contributed by atoms with Crippen LogP contribution in [0.15, 0.2) is 65.1 Å². The van der Waals surface area contributed by atoms with Crippen molar-refractivity contribution in [2.24, 2.45) is 11.8 Å². The first kappa shape index (κ1) is 27.4. The van der Waals surface area contributed by atoms with E-state index in [1.807, 2.05) is 18.2 Å². The molecule has 2 aromatic rings. The summed E-state index contributed by atoms with van der Waals surface area (Å²) in [5.41, 5.74) is 2.30. The number of piperidine rings is 1. The van der Waals surface area contributed by atoms with E-state index in [0.717, 1.165) is 49.7 Å². The molecular formula is C30H40N2O4S. The summed E-state index contributed by atoms with van der Waals surface area (Å²) < 4.78 is 33.1. The van der Waals surface area contributed by atoms with Gasteiger partial charge in [0.15, 0.2) is 0 Å². The van der Waals surface area contributed by atoms with Crippen LogP contribution in [0.4, 0.5) is 0 Å². The molecule has 2 aliphatic rings. The normalized spacial score (nSPS) is 18.5. The molecule has 0 bridgehead atoms. The zero-order valence-corrected chi connectivity index (χ0v) is 23.0. The van der Waals surface area contributed by atoms with Crippen molar-refractivity contribution in [2.45, 2.75) is 56.8 Å². The first-order valence-electron chi connectivity index (χ1n) is 13.5. The number of sulfonamides is 1. The Morgan fingerprint density at radius 2 is 1.62 bits per heavy atom. The molecule has 1 amide bonds. The van der Waals surface area contributed by atoms with Crippen LogP contribution >= 0.6 is 0 Å². The number of ether oxygens (including phenoxy) is 1. The minimum Gasteiger partial charge on any atom is -0.497 e. The summed E-state index contributed by atoms with van der Waals surface area (Å²) in [5.74, 6) is 1.32. The highest BCUT2D eigenvalue weighted by molar-refractivity contribution is 7.89. The van der Waals surface area contributed by atoms with E-state index < -0.39 is 10.0 Å². The number of amides is 1. The number of carbonyl (C=O) groups excluding carboxylic acids is 1. The Morgan fingerprint density at radius 1 is 0.973 bits per heavy atom. The fraction of sp³-hybridized carbons (Fsp3) is 0.500. The maximum absolute atomic E-state index is 13.6. The molecule has 0 atom stereocenters. The molecule has 0 unspecified atom stereocenters. The average Bonchev–Trinajstić information content (AvgIpc) is 2.93. The van der Waals surface area contributed by atoms with Crippen molar-refractivity contribution in [1.82, 2.24) is 9.21 Å². The van der Waals surface area contributed by atoms with Crippen LogP contribution in [0.1, 0.15) is 57.4 Å². The highest BCUT2D eigenvalue weighted by Gasteiger charge is 2.32. The van der Waals surface area contributed by atoms with E-state index in [0.29, 0.717) is 42.7 Å². The molecule has 0 spiro atoms. The SMILES string of the molecule is COc1ccc(S(=O)(=O)N2CCC(CN(C/C(C)=C/c3ccccc3)C(=O)C3CCCCC3)CC2)cc1. The van der Waals surface area contributed by atoms with Crippen LogP contribution in [0.2, 0.25) is 0 Å². The number of nitrogens with zero attached hydrogens (tertiary/aromatic N) is 2. The topological polar surface area (TPSA) is 66.9 Å². The Morgan fingerprint density at radius 3 is 2.24 bits per heavy atom. The van der Waals surface area contributed by atoms with Crippen molar-refractivity contribution < 1.29 is 17.9 Å². The van der Waals surface area contributed by atoms with E-state index in [1.54, 1.807) is 35.7 Å². The maximum atomic E-state index is 13.6. The number of methoxy groups -OCH3 is 1. The van der Waals surface area contributed by atoms with Gasteiger partial charge in [-0.05, 0) is 68.4 Å². The van der Waals surface area contributed by atoms with Crippen molar-refractivity contribution in [2.75, 3.05) is 33.3 Å². The van der Waals surface area contributed by atoms with Gasteiger partial charge in [-0.3, -0.25) is 4.79 Å². The summed E-state index contributed by atoms with van der Waals surface area (Å²) in [5, 5.41) is 0. The summed E-state index contributed by atoms with van der Waals surface area (Å²) >= 11 is 0. The zero-order chi connectivity index (χ0) is 26.3. The lowest BCUT2D eigenvalue weighted by Gasteiger charge is -2.36. The lowest BCUT2D eigenvalue weighted by molar-refractivity contribution is -0.137. The first-order valence-corrected chi connectivity index (χ1v) is 15.0. The molecule has 2 aromatic carbocycles. The van der Waals surface area contributed by atoms with Gasteiger partial charge < -0.3 is 9.64 Å². The number of rotatable bonds is 9. The van der Waals surface area contributed by atoms with Crippen molar-refractivity contribution in [3.8, 4) is 5.75 Å². The van der Waals surface area contributed by atoms with Gasteiger partial charge in [0, 0.05) is 32.1 Å². The van der Waals surface area contributed by atoms with Gasteiger partial charge in [-0.15, -0.1) is 0 Å².